The van der Waals surface area contributed by atoms with Crippen LogP contribution >= 0.6 is 11.3 Å². The van der Waals surface area contributed by atoms with Gasteiger partial charge in [0.1, 0.15) is 12.4 Å². The monoisotopic (exact) mass is 287 g/mol. The van der Waals surface area contributed by atoms with Crippen LogP contribution in [0.2, 0.25) is 0 Å². The zero-order chi connectivity index (χ0) is 14.1. The summed E-state index contributed by atoms with van der Waals surface area (Å²) in [6, 6.07) is 4.15. The number of nitrogens with two attached hydrogens (primary N) is 1. The van der Waals surface area contributed by atoms with Crippen LogP contribution in [0.25, 0.3) is 4.96 Å². The minimum absolute atomic E-state index is 0.484. The lowest BCUT2D eigenvalue weighted by molar-refractivity contribution is 0.298. The van der Waals surface area contributed by atoms with Crippen molar-refractivity contribution in [2.45, 2.75) is 27.0 Å². The molecule has 0 aliphatic heterocycles. The highest BCUT2D eigenvalue weighted by atomic mass is 32.1. The van der Waals surface area contributed by atoms with Gasteiger partial charge in [0, 0.05) is 24.3 Å². The van der Waals surface area contributed by atoms with Crippen molar-refractivity contribution in [3.05, 3.63) is 52.3 Å². The second kappa shape index (κ2) is 5.26. The van der Waals surface area contributed by atoms with Gasteiger partial charge in [0.25, 0.3) is 0 Å². The molecule has 2 heterocycles. The lowest BCUT2D eigenvalue weighted by Crippen LogP contribution is -2.02. The summed E-state index contributed by atoms with van der Waals surface area (Å²) in [4.78, 5) is 5.51. The lowest BCUT2D eigenvalue weighted by Gasteiger charge is -2.12. The lowest BCUT2D eigenvalue weighted by atomic mass is 10.1. The molecule has 0 saturated heterocycles. The maximum atomic E-state index is 5.94. The fourth-order valence-electron chi connectivity index (χ4n) is 2.38. The highest BCUT2D eigenvalue weighted by Crippen LogP contribution is 2.25. The van der Waals surface area contributed by atoms with E-state index in [1.807, 2.05) is 36.0 Å². The first-order valence-electron chi connectivity index (χ1n) is 6.51. The molecular formula is C15H17N3OS. The van der Waals surface area contributed by atoms with Crippen LogP contribution in [0.5, 0.6) is 5.75 Å². The summed E-state index contributed by atoms with van der Waals surface area (Å²) >= 11 is 1.62. The highest BCUT2D eigenvalue weighted by Gasteiger charge is 2.08. The summed E-state index contributed by atoms with van der Waals surface area (Å²) in [6.07, 6.45) is 4.01. The molecule has 5 heteroatoms. The summed E-state index contributed by atoms with van der Waals surface area (Å²) < 4.78 is 7.95. The number of fused-ring (bicyclic) bond motifs is 1. The van der Waals surface area contributed by atoms with Crippen LogP contribution in [0.15, 0.2) is 29.9 Å². The molecule has 2 N–H and O–H groups in total. The van der Waals surface area contributed by atoms with Gasteiger partial charge >= 0.3 is 0 Å². The molecule has 0 unspecified atom stereocenters. The number of thiazole rings is 1. The Labute approximate surface area is 121 Å². The molecule has 0 aliphatic rings. The zero-order valence-corrected chi connectivity index (χ0v) is 12.4. The summed E-state index contributed by atoms with van der Waals surface area (Å²) in [5, 5.41) is 2.02. The van der Waals surface area contributed by atoms with Crippen LogP contribution in [0.4, 0.5) is 0 Å². The summed E-state index contributed by atoms with van der Waals surface area (Å²) in [6.45, 7) is 5.14. The molecular weight excluding hydrogens is 270 g/mol. The third-order valence-electron chi connectivity index (χ3n) is 3.26. The minimum atomic E-state index is 0.484. The first-order chi connectivity index (χ1) is 9.67. The van der Waals surface area contributed by atoms with Gasteiger partial charge in [0.15, 0.2) is 4.96 Å². The van der Waals surface area contributed by atoms with Crippen molar-refractivity contribution in [3.63, 3.8) is 0 Å². The van der Waals surface area contributed by atoms with Crippen LogP contribution < -0.4 is 10.5 Å². The molecule has 2 aromatic heterocycles. The average molecular weight is 287 g/mol. The van der Waals surface area contributed by atoms with Crippen molar-refractivity contribution in [2.75, 3.05) is 0 Å². The Morgan fingerprint density at radius 2 is 2.05 bits per heavy atom. The van der Waals surface area contributed by atoms with E-state index in [-0.39, 0.29) is 0 Å². The van der Waals surface area contributed by atoms with Crippen LogP contribution in [0, 0.1) is 13.8 Å². The van der Waals surface area contributed by atoms with Crippen molar-refractivity contribution in [1.82, 2.24) is 9.38 Å². The summed E-state index contributed by atoms with van der Waals surface area (Å²) in [5.74, 6) is 0.929. The van der Waals surface area contributed by atoms with Gasteiger partial charge in [-0.25, -0.2) is 4.98 Å². The normalized spacial score (nSPS) is 11.2. The molecule has 1 aromatic carbocycles. The smallest absolute Gasteiger partial charge is 0.193 e. The van der Waals surface area contributed by atoms with Crippen LogP contribution in [-0.2, 0) is 13.2 Å². The van der Waals surface area contributed by atoms with Gasteiger partial charge in [-0.3, -0.25) is 4.40 Å². The van der Waals surface area contributed by atoms with E-state index in [9.17, 15) is 0 Å². The number of aryl methyl sites for hydroxylation is 2. The first kappa shape index (κ1) is 13.1. The Balaban J connectivity index is 1.79. The van der Waals surface area contributed by atoms with Gasteiger partial charge in [-0.2, -0.15) is 0 Å². The molecule has 3 aromatic rings. The van der Waals surface area contributed by atoms with Crippen molar-refractivity contribution in [1.29, 1.82) is 0 Å². The van der Waals surface area contributed by atoms with E-state index < -0.39 is 0 Å². The topological polar surface area (TPSA) is 52.5 Å². The number of nitrogens with zero attached hydrogens (tertiary/aromatic N) is 2. The maximum Gasteiger partial charge on any atom is 0.193 e. The van der Waals surface area contributed by atoms with Crippen LogP contribution in [0.3, 0.4) is 0 Å². The Kier molecular flexibility index (Phi) is 3.46. The molecule has 0 amide bonds. The molecule has 0 bridgehead atoms. The number of benzene rings is 1. The number of imidazole rings is 1. The maximum absolute atomic E-state index is 5.94. The first-order valence-corrected chi connectivity index (χ1v) is 7.39. The highest BCUT2D eigenvalue weighted by molar-refractivity contribution is 7.15. The third kappa shape index (κ3) is 2.42. The molecule has 4 nitrogen and oxygen atoms in total. The second-order valence-electron chi connectivity index (χ2n) is 4.88. The predicted octanol–water partition coefficient (Wildman–Crippen LogP) is 3.05. The minimum Gasteiger partial charge on any atom is -0.487 e. The van der Waals surface area contributed by atoms with E-state index in [1.165, 1.54) is 0 Å². The largest absolute Gasteiger partial charge is 0.487 e. The van der Waals surface area contributed by atoms with Crippen molar-refractivity contribution in [2.24, 2.45) is 5.73 Å². The Hall–Kier alpha value is -1.85. The molecule has 0 atom stereocenters. The number of hydrogen-bond donors (Lipinski definition) is 1. The molecule has 0 fully saturated rings. The Morgan fingerprint density at radius 3 is 2.70 bits per heavy atom. The average Bonchev–Trinajstić information content (AvgIpc) is 2.98. The van der Waals surface area contributed by atoms with Gasteiger partial charge < -0.3 is 10.5 Å². The number of ether oxygens (including phenoxy) is 1. The standard InChI is InChI=1S/C15H17N3OS/c1-10-5-12(7-16)6-11(2)14(10)19-9-13-8-18-3-4-20-15(18)17-13/h3-6,8H,7,9,16H2,1-2H3. The quantitative estimate of drug-likeness (QED) is 0.802. The predicted molar refractivity (Wildman–Crippen MR) is 81.2 cm³/mol. The summed E-state index contributed by atoms with van der Waals surface area (Å²) in [5.41, 5.74) is 9.99. The molecule has 0 saturated carbocycles. The van der Waals surface area contributed by atoms with Crippen molar-refractivity contribution in [3.8, 4) is 5.75 Å². The third-order valence-corrected chi connectivity index (χ3v) is 4.03. The molecule has 104 valence electrons. The van der Waals surface area contributed by atoms with E-state index in [4.69, 9.17) is 10.5 Å². The fourth-order valence-corrected chi connectivity index (χ4v) is 3.10. The van der Waals surface area contributed by atoms with Crippen molar-refractivity contribution >= 4 is 16.3 Å². The van der Waals surface area contributed by atoms with Gasteiger partial charge in [0.05, 0.1) is 5.69 Å². The Bertz CT molecular complexity index is 693. The number of rotatable bonds is 4. The van der Waals surface area contributed by atoms with Gasteiger partial charge in [-0.1, -0.05) is 12.1 Å². The molecule has 3 rings (SSSR count). The SMILES string of the molecule is Cc1cc(CN)cc(C)c1OCc1cn2ccsc2n1. The Morgan fingerprint density at radius 1 is 1.30 bits per heavy atom. The van der Waals surface area contributed by atoms with E-state index >= 15 is 0 Å². The van der Waals surface area contributed by atoms with Gasteiger partial charge in [0.2, 0.25) is 0 Å². The molecule has 0 spiro atoms. The molecule has 20 heavy (non-hydrogen) atoms. The van der Waals surface area contributed by atoms with Gasteiger partial charge in [-0.15, -0.1) is 11.3 Å². The van der Waals surface area contributed by atoms with E-state index in [0.29, 0.717) is 13.2 Å². The molecule has 0 aliphatic carbocycles. The summed E-state index contributed by atoms with van der Waals surface area (Å²) in [7, 11) is 0. The zero-order valence-electron chi connectivity index (χ0n) is 11.6. The fraction of sp³-hybridized carbons (Fsp3) is 0.267. The van der Waals surface area contributed by atoms with Gasteiger partial charge in [-0.05, 0) is 30.5 Å². The van der Waals surface area contributed by atoms with Crippen LogP contribution in [0.1, 0.15) is 22.4 Å². The second-order valence-corrected chi connectivity index (χ2v) is 5.75. The molecule has 0 radical (unpaired) electrons. The van der Waals surface area contributed by atoms with E-state index in [1.54, 1.807) is 11.3 Å². The number of aromatic nitrogens is 2. The van der Waals surface area contributed by atoms with Crippen molar-refractivity contribution < 1.29 is 4.74 Å². The van der Waals surface area contributed by atoms with Crippen LogP contribution in [-0.4, -0.2) is 9.38 Å². The number of hydrogen-bond acceptors (Lipinski definition) is 4. The van der Waals surface area contributed by atoms with E-state index in [0.717, 1.165) is 33.1 Å². The van der Waals surface area contributed by atoms with E-state index in [2.05, 4.69) is 17.1 Å².